The van der Waals surface area contributed by atoms with E-state index in [1.165, 1.54) is 0 Å². The van der Waals surface area contributed by atoms with E-state index in [-0.39, 0.29) is 24.8 Å². The van der Waals surface area contributed by atoms with Gasteiger partial charge in [-0.05, 0) is 35.1 Å². The van der Waals surface area contributed by atoms with Crippen molar-refractivity contribution in [3.63, 3.8) is 0 Å². The summed E-state index contributed by atoms with van der Waals surface area (Å²) >= 11 is 11.3. The van der Waals surface area contributed by atoms with Gasteiger partial charge >= 0.3 is 0 Å². The van der Waals surface area contributed by atoms with Crippen molar-refractivity contribution in [2.75, 3.05) is 25.0 Å². The van der Waals surface area contributed by atoms with Gasteiger partial charge < -0.3 is 9.47 Å². The van der Waals surface area contributed by atoms with Gasteiger partial charge in [0.25, 0.3) is 0 Å². The lowest BCUT2D eigenvalue weighted by Crippen LogP contribution is -2.10. The normalized spacial score (nSPS) is 10.9. The first-order chi connectivity index (χ1) is 14.7. The summed E-state index contributed by atoms with van der Waals surface area (Å²) in [5.41, 5.74) is 4.04. The lowest BCUT2D eigenvalue weighted by Gasteiger charge is -2.14. The predicted molar refractivity (Wildman–Crippen MR) is 121 cm³/mol. The highest BCUT2D eigenvalue weighted by Crippen LogP contribution is 2.28. The number of carbonyl (C=O) groups excluding carboxylic acids is 2. The number of hydrogen-bond donors (Lipinski definition) is 0. The van der Waals surface area contributed by atoms with Crippen LogP contribution in [-0.4, -0.2) is 36.5 Å². The first-order valence-electron chi connectivity index (χ1n) is 10.1. The minimum absolute atomic E-state index is 0.0563. The molecule has 0 fully saturated rings. The number of ketones is 2. The van der Waals surface area contributed by atoms with Gasteiger partial charge in [0.15, 0.2) is 11.6 Å². The fourth-order valence-corrected chi connectivity index (χ4v) is 3.31. The maximum absolute atomic E-state index is 11.8. The van der Waals surface area contributed by atoms with Gasteiger partial charge in [0.05, 0.1) is 13.2 Å². The number of benzene rings is 2. The van der Waals surface area contributed by atoms with Crippen LogP contribution in [0.1, 0.15) is 36.8 Å². The summed E-state index contributed by atoms with van der Waals surface area (Å²) in [5.74, 6) is 1.07. The van der Waals surface area contributed by atoms with Gasteiger partial charge in [0, 0.05) is 24.6 Å². The minimum atomic E-state index is 0.0563. The molecule has 0 aliphatic heterocycles. The molecule has 2 rings (SSSR count). The van der Waals surface area contributed by atoms with Gasteiger partial charge in [0.2, 0.25) is 0 Å². The second kappa shape index (κ2) is 14.3. The maximum atomic E-state index is 11.8. The number of halogens is 2. The molecule has 0 unspecified atom stereocenters. The first-order valence-corrected chi connectivity index (χ1v) is 11.2. The molecule has 0 saturated carbocycles. The lowest BCUT2D eigenvalue weighted by atomic mass is 9.96. The number of rotatable bonds is 15. The predicted octanol–water partition coefficient (Wildman–Crippen LogP) is 5.56. The Labute approximate surface area is 188 Å². The Hall–Kier alpha value is -1.72. The summed E-state index contributed by atoms with van der Waals surface area (Å²) in [4.78, 5) is 23.6. The van der Waals surface area contributed by atoms with Crippen LogP contribution in [-0.2, 0) is 32.3 Å². The fraction of sp³-hybridized carbons (Fsp3) is 0.417. The smallest absolute Gasteiger partial charge is 0.158 e. The average Bonchev–Trinajstić information content (AvgIpc) is 2.77. The van der Waals surface area contributed by atoms with Gasteiger partial charge in [-0.25, -0.2) is 0 Å². The van der Waals surface area contributed by atoms with Gasteiger partial charge in [-0.3, -0.25) is 9.59 Å². The van der Waals surface area contributed by atoms with Crippen LogP contribution in [0.2, 0.25) is 0 Å². The molecule has 0 N–H and O–H groups in total. The van der Waals surface area contributed by atoms with Crippen LogP contribution in [0.4, 0.5) is 0 Å². The van der Waals surface area contributed by atoms with E-state index < -0.39 is 0 Å². The molecule has 30 heavy (non-hydrogen) atoms. The minimum Gasteiger partial charge on any atom is -0.369 e. The molecule has 6 heteroatoms. The van der Waals surface area contributed by atoms with Crippen molar-refractivity contribution in [3.8, 4) is 11.1 Å². The molecule has 0 spiro atoms. The molecule has 162 valence electrons. The Morgan fingerprint density at radius 2 is 1.07 bits per heavy atom. The third-order valence-corrected chi connectivity index (χ3v) is 5.08. The summed E-state index contributed by atoms with van der Waals surface area (Å²) in [6, 6.07) is 15.9. The molecule has 0 aromatic heterocycles. The second-order valence-corrected chi connectivity index (χ2v) is 7.72. The number of ether oxygens (including phenoxy) is 2. The largest absolute Gasteiger partial charge is 0.369 e. The quantitative estimate of drug-likeness (QED) is 0.333. The van der Waals surface area contributed by atoms with Gasteiger partial charge in [-0.1, -0.05) is 48.5 Å². The van der Waals surface area contributed by atoms with Crippen LogP contribution in [0, 0.1) is 0 Å². The summed E-state index contributed by atoms with van der Waals surface area (Å²) in [6.45, 7) is 0.852. The van der Waals surface area contributed by atoms with Crippen LogP contribution < -0.4 is 0 Å². The van der Waals surface area contributed by atoms with Crippen molar-refractivity contribution in [2.45, 2.75) is 38.9 Å². The van der Waals surface area contributed by atoms with Crippen molar-refractivity contribution >= 4 is 34.8 Å². The molecule has 0 radical (unpaired) electrons. The molecule has 0 atom stereocenters. The molecule has 2 aromatic rings. The van der Waals surface area contributed by atoms with Crippen LogP contribution in [0.25, 0.3) is 11.1 Å². The summed E-state index contributed by atoms with van der Waals surface area (Å²) in [6.07, 6.45) is 2.22. The maximum Gasteiger partial charge on any atom is 0.158 e. The standard InChI is InChI=1S/C24H28Cl2O4/c25-13-5-9-21(27)17-29-15-19-7-1-3-11-23(19)24-12-4-2-8-20(24)16-30-18-22(28)10-6-14-26/h1-4,7-8,11-12H,5-6,9-10,13-18H2. The Morgan fingerprint density at radius 1 is 0.667 bits per heavy atom. The van der Waals surface area contributed by atoms with Crippen molar-refractivity contribution in [1.29, 1.82) is 0 Å². The van der Waals surface area contributed by atoms with Gasteiger partial charge in [-0.15, -0.1) is 23.2 Å². The fourth-order valence-electron chi connectivity index (χ4n) is 3.04. The Bertz CT molecular complexity index is 740. The highest BCUT2D eigenvalue weighted by atomic mass is 35.5. The van der Waals surface area contributed by atoms with Crippen LogP contribution in [0.15, 0.2) is 48.5 Å². The molecule has 0 saturated heterocycles. The van der Waals surface area contributed by atoms with E-state index in [1.54, 1.807) is 0 Å². The van der Waals surface area contributed by atoms with Crippen molar-refractivity contribution < 1.29 is 19.1 Å². The van der Waals surface area contributed by atoms with Crippen LogP contribution in [0.3, 0.4) is 0 Å². The zero-order chi connectivity index (χ0) is 21.6. The number of alkyl halides is 2. The van der Waals surface area contributed by atoms with Crippen LogP contribution in [0.5, 0.6) is 0 Å². The molecule has 0 heterocycles. The molecule has 0 bridgehead atoms. The van der Waals surface area contributed by atoms with Gasteiger partial charge in [0.1, 0.15) is 13.2 Å². The van der Waals surface area contributed by atoms with E-state index in [0.29, 0.717) is 50.7 Å². The third kappa shape index (κ3) is 8.57. The Balaban J connectivity index is 2.02. The molecular weight excluding hydrogens is 423 g/mol. The molecule has 0 aliphatic carbocycles. The average molecular weight is 451 g/mol. The molecule has 4 nitrogen and oxygen atoms in total. The SMILES string of the molecule is O=C(CCCCl)COCc1ccccc1-c1ccccc1COCC(=O)CCCCl. The highest BCUT2D eigenvalue weighted by Gasteiger charge is 2.11. The van der Waals surface area contributed by atoms with Crippen molar-refractivity contribution in [1.82, 2.24) is 0 Å². The van der Waals surface area contributed by atoms with E-state index in [2.05, 4.69) is 0 Å². The molecule has 0 aliphatic rings. The second-order valence-electron chi connectivity index (χ2n) is 6.96. The molecule has 2 aromatic carbocycles. The monoisotopic (exact) mass is 450 g/mol. The highest BCUT2D eigenvalue weighted by molar-refractivity contribution is 6.18. The van der Waals surface area contributed by atoms with E-state index in [0.717, 1.165) is 22.3 Å². The third-order valence-electron chi connectivity index (χ3n) is 4.54. The Kier molecular flexibility index (Phi) is 11.7. The van der Waals surface area contributed by atoms with E-state index in [4.69, 9.17) is 32.7 Å². The van der Waals surface area contributed by atoms with Crippen molar-refractivity contribution in [3.05, 3.63) is 59.7 Å². The van der Waals surface area contributed by atoms with E-state index in [1.807, 2.05) is 48.5 Å². The zero-order valence-electron chi connectivity index (χ0n) is 17.1. The summed E-state index contributed by atoms with van der Waals surface area (Å²) < 4.78 is 11.3. The molecular formula is C24H28Cl2O4. The topological polar surface area (TPSA) is 52.6 Å². The number of hydrogen-bond acceptors (Lipinski definition) is 4. The zero-order valence-corrected chi connectivity index (χ0v) is 18.6. The number of Topliss-reactive ketones (excluding diaryl/α,β-unsaturated/α-hetero) is 2. The van der Waals surface area contributed by atoms with Crippen molar-refractivity contribution in [2.24, 2.45) is 0 Å². The first kappa shape index (κ1) is 24.5. The number of carbonyl (C=O) groups is 2. The Morgan fingerprint density at radius 3 is 1.47 bits per heavy atom. The summed E-state index contributed by atoms with van der Waals surface area (Å²) in [5, 5.41) is 0. The molecule has 0 amide bonds. The summed E-state index contributed by atoms with van der Waals surface area (Å²) in [7, 11) is 0. The van der Waals surface area contributed by atoms with Gasteiger partial charge in [-0.2, -0.15) is 0 Å². The van der Waals surface area contributed by atoms with E-state index >= 15 is 0 Å². The van der Waals surface area contributed by atoms with E-state index in [9.17, 15) is 9.59 Å². The lowest BCUT2D eigenvalue weighted by molar-refractivity contribution is -0.124. The van der Waals surface area contributed by atoms with Crippen LogP contribution >= 0.6 is 23.2 Å².